The van der Waals surface area contributed by atoms with Crippen molar-refractivity contribution in [2.75, 3.05) is 5.32 Å². The van der Waals surface area contributed by atoms with E-state index in [-0.39, 0.29) is 6.17 Å². The first-order valence-corrected chi connectivity index (χ1v) is 17.9. The highest BCUT2D eigenvalue weighted by atomic mass is 15.1. The first-order chi connectivity index (χ1) is 25.8. The van der Waals surface area contributed by atoms with Gasteiger partial charge in [-0.15, -0.1) is 0 Å². The summed E-state index contributed by atoms with van der Waals surface area (Å²) in [7, 11) is 0. The summed E-state index contributed by atoms with van der Waals surface area (Å²) >= 11 is 0. The number of anilines is 1. The highest BCUT2D eigenvalue weighted by Crippen LogP contribution is 2.42. The molecule has 0 amide bonds. The molecule has 1 N–H and O–H groups in total. The molecular formula is C50H34N2. The van der Waals surface area contributed by atoms with E-state index >= 15 is 0 Å². The lowest BCUT2D eigenvalue weighted by atomic mass is 9.88. The average Bonchev–Trinajstić information content (AvgIpc) is 3.23. The van der Waals surface area contributed by atoms with Crippen molar-refractivity contribution in [1.29, 1.82) is 0 Å². The zero-order valence-electron chi connectivity index (χ0n) is 28.5. The van der Waals surface area contributed by atoms with Crippen molar-refractivity contribution in [3.05, 3.63) is 211 Å². The summed E-state index contributed by atoms with van der Waals surface area (Å²) in [6.45, 7) is 0. The molecule has 10 rings (SSSR count). The molecule has 0 saturated carbocycles. The van der Waals surface area contributed by atoms with Crippen LogP contribution < -0.4 is 5.32 Å². The van der Waals surface area contributed by atoms with E-state index < -0.39 is 0 Å². The topological polar surface area (TPSA) is 24.4 Å². The number of benzene rings is 9. The Balaban J connectivity index is 1.22. The molecule has 244 valence electrons. The molecule has 1 aliphatic rings. The maximum atomic E-state index is 5.52. The smallest absolute Gasteiger partial charge is 0.145 e. The molecule has 9 aromatic carbocycles. The molecule has 1 aliphatic heterocycles. The SMILES string of the molecule is c1ccc(C2=NC(c3cc(-c4cccc5ccccc45)cc(-c4cc5ccccc5c5ccccc45)c3)Nc3cc(-c4ccccc4)ccc32)cc1. The van der Waals surface area contributed by atoms with Gasteiger partial charge in [-0.25, -0.2) is 0 Å². The molecule has 0 spiro atoms. The molecule has 52 heavy (non-hydrogen) atoms. The number of hydrogen-bond donors (Lipinski definition) is 1. The Morgan fingerprint density at radius 3 is 1.75 bits per heavy atom. The quantitative estimate of drug-likeness (QED) is 0.182. The van der Waals surface area contributed by atoms with E-state index in [0.29, 0.717) is 0 Å². The third-order valence-electron chi connectivity index (χ3n) is 10.4. The first kappa shape index (κ1) is 30.1. The molecule has 1 heterocycles. The first-order valence-electron chi connectivity index (χ1n) is 17.9. The third-order valence-corrected chi connectivity index (χ3v) is 10.4. The molecule has 2 nitrogen and oxygen atoms in total. The molecule has 9 aromatic rings. The Labute approximate surface area is 303 Å². The van der Waals surface area contributed by atoms with Gasteiger partial charge in [0.05, 0.1) is 5.71 Å². The monoisotopic (exact) mass is 662 g/mol. The lowest BCUT2D eigenvalue weighted by Crippen LogP contribution is -2.21. The molecule has 0 aromatic heterocycles. The van der Waals surface area contributed by atoms with Crippen molar-refractivity contribution in [2.45, 2.75) is 6.17 Å². The maximum absolute atomic E-state index is 5.52. The molecular weight excluding hydrogens is 629 g/mol. The fourth-order valence-electron chi connectivity index (χ4n) is 7.93. The summed E-state index contributed by atoms with van der Waals surface area (Å²) in [6, 6.07) is 70.1. The molecule has 0 bridgehead atoms. The fraction of sp³-hybridized carbons (Fsp3) is 0.0200. The van der Waals surface area contributed by atoms with Gasteiger partial charge in [-0.05, 0) is 102 Å². The van der Waals surface area contributed by atoms with Crippen LogP contribution in [0.1, 0.15) is 22.9 Å². The third kappa shape index (κ3) is 5.25. The van der Waals surface area contributed by atoms with Gasteiger partial charge in [0.15, 0.2) is 0 Å². The van der Waals surface area contributed by atoms with Crippen molar-refractivity contribution in [3.63, 3.8) is 0 Å². The summed E-state index contributed by atoms with van der Waals surface area (Å²) in [4.78, 5) is 5.52. The van der Waals surface area contributed by atoms with Crippen LogP contribution in [0.4, 0.5) is 5.69 Å². The zero-order valence-corrected chi connectivity index (χ0v) is 28.5. The van der Waals surface area contributed by atoms with E-state index in [1.165, 1.54) is 65.7 Å². The van der Waals surface area contributed by atoms with Crippen LogP contribution in [0, 0.1) is 0 Å². The predicted molar refractivity (Wildman–Crippen MR) is 220 cm³/mol. The second kappa shape index (κ2) is 12.5. The van der Waals surface area contributed by atoms with Gasteiger partial charge in [-0.3, -0.25) is 4.99 Å². The summed E-state index contributed by atoms with van der Waals surface area (Å²) in [5.74, 6) is 0. The molecule has 1 unspecified atom stereocenters. The number of nitrogens with zero attached hydrogens (tertiary/aromatic N) is 1. The van der Waals surface area contributed by atoms with Crippen LogP contribution in [0.3, 0.4) is 0 Å². The van der Waals surface area contributed by atoms with Crippen LogP contribution in [0.15, 0.2) is 199 Å². The Morgan fingerprint density at radius 1 is 0.346 bits per heavy atom. The maximum Gasteiger partial charge on any atom is 0.145 e. The van der Waals surface area contributed by atoms with E-state index in [2.05, 4.69) is 199 Å². The van der Waals surface area contributed by atoms with E-state index in [4.69, 9.17) is 4.99 Å². The molecule has 2 heteroatoms. The van der Waals surface area contributed by atoms with Crippen LogP contribution in [-0.4, -0.2) is 5.71 Å². The molecule has 1 atom stereocenters. The minimum atomic E-state index is -0.311. The second-order valence-corrected chi connectivity index (χ2v) is 13.6. The van der Waals surface area contributed by atoms with Crippen LogP contribution >= 0.6 is 0 Å². The van der Waals surface area contributed by atoms with E-state index in [1.807, 2.05) is 0 Å². The largest absolute Gasteiger partial charge is 0.359 e. The summed E-state index contributed by atoms with van der Waals surface area (Å²) in [5.41, 5.74) is 12.5. The lowest BCUT2D eigenvalue weighted by Gasteiger charge is -2.28. The highest BCUT2D eigenvalue weighted by molar-refractivity contribution is 6.17. The van der Waals surface area contributed by atoms with Crippen molar-refractivity contribution in [2.24, 2.45) is 4.99 Å². The van der Waals surface area contributed by atoms with Crippen LogP contribution in [-0.2, 0) is 0 Å². The van der Waals surface area contributed by atoms with Crippen molar-refractivity contribution < 1.29 is 0 Å². The fourth-order valence-corrected chi connectivity index (χ4v) is 7.93. The zero-order chi connectivity index (χ0) is 34.4. The second-order valence-electron chi connectivity index (χ2n) is 13.6. The number of nitrogens with one attached hydrogen (secondary N) is 1. The predicted octanol–water partition coefficient (Wildman–Crippen LogP) is 13.1. The van der Waals surface area contributed by atoms with Gasteiger partial charge in [-0.2, -0.15) is 0 Å². The van der Waals surface area contributed by atoms with Gasteiger partial charge < -0.3 is 5.32 Å². The number of rotatable bonds is 5. The Kier molecular flexibility index (Phi) is 7.25. The molecule has 0 saturated heterocycles. The lowest BCUT2D eigenvalue weighted by molar-refractivity contribution is 0.829. The van der Waals surface area contributed by atoms with Gasteiger partial charge in [0.1, 0.15) is 6.17 Å². The van der Waals surface area contributed by atoms with Gasteiger partial charge in [0, 0.05) is 16.8 Å². The standard InChI is InChI=1S/C50H34N2/c1-3-14-33(15-4-1)36-26-27-46-48(32-36)51-50(52-49(46)35-17-5-2-6-18-35)40-29-38(43-25-13-20-34-16-7-9-21-41(34)43)28-39(30-40)47-31-37-19-8-10-22-42(37)44-23-11-12-24-45(44)47/h1-32,50-51H. The Morgan fingerprint density at radius 2 is 0.962 bits per heavy atom. The normalized spacial score (nSPS) is 13.8. The van der Waals surface area contributed by atoms with E-state index in [9.17, 15) is 0 Å². The van der Waals surface area contributed by atoms with Crippen LogP contribution in [0.5, 0.6) is 0 Å². The van der Waals surface area contributed by atoms with Gasteiger partial charge in [0.2, 0.25) is 0 Å². The summed E-state index contributed by atoms with van der Waals surface area (Å²) < 4.78 is 0. The number of hydrogen-bond acceptors (Lipinski definition) is 2. The Bertz CT molecular complexity index is 2810. The summed E-state index contributed by atoms with van der Waals surface area (Å²) in [6.07, 6.45) is -0.311. The van der Waals surface area contributed by atoms with Crippen molar-refractivity contribution in [3.8, 4) is 33.4 Å². The minimum absolute atomic E-state index is 0.311. The average molecular weight is 663 g/mol. The van der Waals surface area contributed by atoms with Gasteiger partial charge in [0.25, 0.3) is 0 Å². The van der Waals surface area contributed by atoms with Crippen LogP contribution in [0.25, 0.3) is 65.7 Å². The minimum Gasteiger partial charge on any atom is -0.359 e. The number of fused-ring (bicyclic) bond motifs is 5. The van der Waals surface area contributed by atoms with Gasteiger partial charge in [-0.1, -0.05) is 164 Å². The van der Waals surface area contributed by atoms with Gasteiger partial charge >= 0.3 is 0 Å². The van der Waals surface area contributed by atoms with Crippen molar-refractivity contribution in [1.82, 2.24) is 0 Å². The molecule has 0 radical (unpaired) electrons. The summed E-state index contributed by atoms with van der Waals surface area (Å²) in [5, 5.41) is 11.4. The Hall–Kier alpha value is -6.77. The van der Waals surface area contributed by atoms with Crippen molar-refractivity contribution >= 4 is 43.7 Å². The number of aliphatic imine (C=N–C) groups is 1. The molecule has 0 aliphatic carbocycles. The molecule has 0 fully saturated rings. The van der Waals surface area contributed by atoms with Crippen LogP contribution in [0.2, 0.25) is 0 Å². The van der Waals surface area contributed by atoms with E-state index in [0.717, 1.165) is 28.1 Å². The van der Waals surface area contributed by atoms with E-state index in [1.54, 1.807) is 0 Å². The highest BCUT2D eigenvalue weighted by Gasteiger charge is 2.25.